The fraction of sp³-hybridized carbons (Fsp3) is 0.857. The number of aliphatic hydroxyl groups excluding tert-OH is 1. The Bertz CT molecular complexity index is 724. The number of hydrogen-bond acceptors (Lipinski definition) is 5. The van der Waals surface area contributed by atoms with Crippen molar-refractivity contribution >= 4 is 33.7 Å². The highest BCUT2D eigenvalue weighted by Crippen LogP contribution is 2.60. The molecule has 1 spiro atoms. The molecule has 3 amide bonds. The van der Waals surface area contributed by atoms with E-state index in [4.69, 9.17) is 4.74 Å². The monoisotopic (exact) mass is 487 g/mol. The number of ether oxygens (including phenoxy) is 1. The van der Waals surface area contributed by atoms with Gasteiger partial charge in [0.05, 0.1) is 30.6 Å². The van der Waals surface area contributed by atoms with E-state index in [1.165, 1.54) is 4.90 Å². The number of halogens is 1. The van der Waals surface area contributed by atoms with Crippen molar-refractivity contribution in [1.82, 2.24) is 15.5 Å². The van der Waals surface area contributed by atoms with Crippen LogP contribution in [0, 0.1) is 17.8 Å². The third kappa shape index (κ3) is 3.66. The van der Waals surface area contributed by atoms with E-state index in [-0.39, 0.29) is 35.1 Å². The number of carbonyl (C=O) groups is 3. The molecule has 170 valence electrons. The summed E-state index contributed by atoms with van der Waals surface area (Å²) in [5.41, 5.74) is -1.59. The second-order valence-corrected chi connectivity index (χ2v) is 11.4. The fourth-order valence-corrected chi connectivity index (χ4v) is 6.43. The summed E-state index contributed by atoms with van der Waals surface area (Å²) in [4.78, 5) is 41.4. The van der Waals surface area contributed by atoms with Gasteiger partial charge in [-0.05, 0) is 39.5 Å². The van der Waals surface area contributed by atoms with Crippen LogP contribution >= 0.6 is 15.9 Å². The van der Waals surface area contributed by atoms with Gasteiger partial charge in [-0.2, -0.15) is 0 Å². The zero-order valence-corrected chi connectivity index (χ0v) is 20.2. The van der Waals surface area contributed by atoms with Crippen molar-refractivity contribution in [2.75, 3.05) is 13.7 Å². The maximum Gasteiger partial charge on any atom is 0.246 e. The Labute approximate surface area is 186 Å². The summed E-state index contributed by atoms with van der Waals surface area (Å²) >= 11 is 3.62. The van der Waals surface area contributed by atoms with Gasteiger partial charge in [0, 0.05) is 17.4 Å². The van der Waals surface area contributed by atoms with Crippen LogP contribution in [0.1, 0.15) is 47.5 Å². The van der Waals surface area contributed by atoms with Gasteiger partial charge in [0.2, 0.25) is 17.7 Å². The molecule has 0 aliphatic carbocycles. The summed E-state index contributed by atoms with van der Waals surface area (Å²) in [5.74, 6) is -2.04. The minimum absolute atomic E-state index is 0.133. The van der Waals surface area contributed by atoms with Crippen LogP contribution in [-0.4, -0.2) is 75.5 Å². The van der Waals surface area contributed by atoms with E-state index in [1.54, 1.807) is 7.05 Å². The van der Waals surface area contributed by atoms with E-state index in [9.17, 15) is 19.5 Å². The first-order valence-electron chi connectivity index (χ1n) is 10.7. The lowest BCUT2D eigenvalue weighted by atomic mass is 9.70. The van der Waals surface area contributed by atoms with Crippen molar-refractivity contribution in [3.63, 3.8) is 0 Å². The molecule has 3 unspecified atom stereocenters. The Balaban J connectivity index is 2.10. The molecular weight excluding hydrogens is 454 g/mol. The standard InChI is InChI=1S/C21H34BrN3O5/c1-10(2)7-11(9-26)25-16(18(28)24-20(3,4)5)21-8-12(22)15(30-21)13(17(27)23-6)14(21)19(25)29/h10-16,26H,7-9H2,1-6H3,(H,23,27)(H,24,28)/t11-,12?,13-,14+,15-,16?,21?/m1/s1. The lowest BCUT2D eigenvalue weighted by molar-refractivity contribution is -0.146. The van der Waals surface area contributed by atoms with Crippen LogP contribution in [0.2, 0.25) is 0 Å². The third-order valence-electron chi connectivity index (χ3n) is 6.37. The van der Waals surface area contributed by atoms with Crippen LogP contribution in [0.4, 0.5) is 0 Å². The van der Waals surface area contributed by atoms with E-state index in [1.807, 2.05) is 34.6 Å². The van der Waals surface area contributed by atoms with E-state index in [0.29, 0.717) is 12.8 Å². The highest BCUT2D eigenvalue weighted by Gasteiger charge is 2.77. The summed E-state index contributed by atoms with van der Waals surface area (Å²) in [6, 6.07) is -1.42. The lowest BCUT2D eigenvalue weighted by Gasteiger charge is -2.38. The number of nitrogens with one attached hydrogen (secondary N) is 2. The van der Waals surface area contributed by atoms with Crippen molar-refractivity contribution in [3.05, 3.63) is 0 Å². The number of carbonyl (C=O) groups excluding carboxylic acids is 3. The maximum absolute atomic E-state index is 13.7. The number of fused-ring (bicyclic) bond motifs is 1. The van der Waals surface area contributed by atoms with Gasteiger partial charge >= 0.3 is 0 Å². The smallest absolute Gasteiger partial charge is 0.246 e. The molecule has 3 aliphatic rings. The molecular formula is C21H34BrN3O5. The third-order valence-corrected chi connectivity index (χ3v) is 7.22. The number of aliphatic hydroxyl groups is 1. The minimum atomic E-state index is -1.09. The predicted octanol–water partition coefficient (Wildman–Crippen LogP) is 0.802. The van der Waals surface area contributed by atoms with Crippen LogP contribution in [-0.2, 0) is 19.1 Å². The Kier molecular flexibility index (Phi) is 6.30. The van der Waals surface area contributed by atoms with Crippen LogP contribution in [0.5, 0.6) is 0 Å². The Hall–Kier alpha value is -1.19. The highest BCUT2D eigenvalue weighted by molar-refractivity contribution is 9.09. The highest BCUT2D eigenvalue weighted by atomic mass is 79.9. The SMILES string of the molecule is CNC(=O)[C@H]1[C@@H]2OC3(CC2Br)C(C(=O)NC(C)(C)C)N([C@@H](CO)CC(C)C)C(=O)[C@H]13. The number of hydrogen-bond donors (Lipinski definition) is 3. The van der Waals surface area contributed by atoms with Gasteiger partial charge in [-0.15, -0.1) is 0 Å². The van der Waals surface area contributed by atoms with Gasteiger partial charge in [0.15, 0.2) is 0 Å². The van der Waals surface area contributed by atoms with Crippen molar-refractivity contribution in [2.24, 2.45) is 17.8 Å². The minimum Gasteiger partial charge on any atom is -0.394 e. The van der Waals surface area contributed by atoms with Gasteiger partial charge < -0.3 is 25.4 Å². The summed E-state index contributed by atoms with van der Waals surface area (Å²) in [7, 11) is 1.54. The summed E-state index contributed by atoms with van der Waals surface area (Å²) in [6.07, 6.45) is 0.541. The van der Waals surface area contributed by atoms with Crippen molar-refractivity contribution < 1.29 is 24.2 Å². The first kappa shape index (κ1) is 23.5. The fourth-order valence-electron chi connectivity index (χ4n) is 5.48. The zero-order chi connectivity index (χ0) is 22.6. The summed E-state index contributed by atoms with van der Waals surface area (Å²) in [5, 5.41) is 15.8. The lowest BCUT2D eigenvalue weighted by Crippen LogP contribution is -2.60. The van der Waals surface area contributed by atoms with Gasteiger partial charge in [-0.3, -0.25) is 14.4 Å². The first-order chi connectivity index (χ1) is 13.9. The molecule has 0 aromatic heterocycles. The van der Waals surface area contributed by atoms with Crippen LogP contribution in [0.3, 0.4) is 0 Å². The van der Waals surface area contributed by atoms with Crippen molar-refractivity contribution in [3.8, 4) is 0 Å². The molecule has 3 rings (SSSR count). The molecule has 0 aromatic rings. The zero-order valence-electron chi connectivity index (χ0n) is 18.6. The van der Waals surface area contributed by atoms with Crippen LogP contribution in [0.25, 0.3) is 0 Å². The van der Waals surface area contributed by atoms with Gasteiger partial charge in [-0.25, -0.2) is 0 Å². The molecule has 9 heteroatoms. The molecule has 3 fully saturated rings. The number of nitrogens with zero attached hydrogens (tertiary/aromatic N) is 1. The summed E-state index contributed by atoms with van der Waals surface area (Å²) in [6.45, 7) is 9.41. The van der Waals surface area contributed by atoms with E-state index >= 15 is 0 Å². The first-order valence-corrected chi connectivity index (χ1v) is 11.6. The topological polar surface area (TPSA) is 108 Å². The number of alkyl halides is 1. The van der Waals surface area contributed by atoms with Gasteiger partial charge in [0.25, 0.3) is 0 Å². The van der Waals surface area contributed by atoms with Crippen molar-refractivity contribution in [1.29, 1.82) is 0 Å². The average molecular weight is 488 g/mol. The van der Waals surface area contributed by atoms with Crippen LogP contribution < -0.4 is 10.6 Å². The Morgan fingerprint density at radius 3 is 2.47 bits per heavy atom. The molecule has 3 aliphatic heterocycles. The Morgan fingerprint density at radius 1 is 1.33 bits per heavy atom. The molecule has 3 heterocycles. The second kappa shape index (κ2) is 8.06. The van der Waals surface area contributed by atoms with Gasteiger partial charge in [0.1, 0.15) is 11.6 Å². The number of rotatable bonds is 6. The molecule has 2 bridgehead atoms. The molecule has 0 saturated carbocycles. The normalized spacial score (nSPS) is 36.2. The Morgan fingerprint density at radius 2 is 1.97 bits per heavy atom. The van der Waals surface area contributed by atoms with E-state index in [0.717, 1.165) is 0 Å². The largest absolute Gasteiger partial charge is 0.394 e. The number of amides is 3. The molecule has 0 aromatic carbocycles. The molecule has 8 nitrogen and oxygen atoms in total. The molecule has 3 saturated heterocycles. The second-order valence-electron chi connectivity index (χ2n) is 10.2. The van der Waals surface area contributed by atoms with E-state index in [2.05, 4.69) is 26.6 Å². The molecule has 30 heavy (non-hydrogen) atoms. The van der Waals surface area contributed by atoms with Crippen molar-refractivity contribution in [2.45, 2.75) is 81.6 Å². The quantitative estimate of drug-likeness (QED) is 0.480. The summed E-state index contributed by atoms with van der Waals surface area (Å²) < 4.78 is 6.37. The average Bonchev–Trinajstić information content (AvgIpc) is 3.21. The number of likely N-dealkylation sites (tertiary alicyclic amines) is 1. The molecule has 3 N–H and O–H groups in total. The predicted molar refractivity (Wildman–Crippen MR) is 115 cm³/mol. The maximum atomic E-state index is 13.7. The van der Waals surface area contributed by atoms with Gasteiger partial charge in [-0.1, -0.05) is 29.8 Å². The molecule has 7 atom stereocenters. The van der Waals surface area contributed by atoms with E-state index < -0.39 is 41.2 Å². The molecule has 0 radical (unpaired) electrons. The van der Waals surface area contributed by atoms with Crippen LogP contribution in [0.15, 0.2) is 0 Å².